The molecule has 7 nitrogen and oxygen atoms in total. The number of thioether (sulfide) groups is 1. The number of anilines is 1. The van der Waals surface area contributed by atoms with Gasteiger partial charge in [0.25, 0.3) is 0 Å². The van der Waals surface area contributed by atoms with Crippen LogP contribution in [0, 0.1) is 17.8 Å². The van der Waals surface area contributed by atoms with Gasteiger partial charge in [0.15, 0.2) is 5.17 Å². The van der Waals surface area contributed by atoms with E-state index >= 15 is 0 Å². The summed E-state index contributed by atoms with van der Waals surface area (Å²) in [5.74, 6) is 1.55. The number of carbonyl (C=O) groups is 3. The molecule has 2 N–H and O–H groups in total. The molecule has 0 aromatic carbocycles. The van der Waals surface area contributed by atoms with E-state index in [2.05, 4.69) is 10.6 Å². The maximum absolute atomic E-state index is 12.8. The minimum absolute atomic E-state index is 0.00550. The van der Waals surface area contributed by atoms with Crippen LogP contribution >= 0.6 is 23.1 Å². The number of methoxy groups -OCH3 is 1. The number of thiophene rings is 1. The van der Waals surface area contributed by atoms with Gasteiger partial charge >= 0.3 is 5.97 Å². The van der Waals surface area contributed by atoms with Crippen LogP contribution in [0.5, 0.6) is 0 Å². The average Bonchev–Trinajstić information content (AvgIpc) is 3.41. The number of nitrogens with one attached hydrogen (secondary N) is 2. The molecule has 176 valence electrons. The molecule has 0 radical (unpaired) electrons. The van der Waals surface area contributed by atoms with Gasteiger partial charge in [0.1, 0.15) is 10.3 Å². The lowest BCUT2D eigenvalue weighted by atomic mass is 9.53. The number of ether oxygens (including phenoxy) is 1. The SMILES string of the molecule is COC(=O)c1c(NC(=O)CC2SC(=NC34CC5CC(CC(C5)C3)C4)NC2=O)sc2c1CCC2. The van der Waals surface area contributed by atoms with Crippen LogP contribution in [0.2, 0.25) is 0 Å². The highest BCUT2D eigenvalue weighted by Crippen LogP contribution is 2.57. The van der Waals surface area contributed by atoms with E-state index < -0.39 is 11.2 Å². The summed E-state index contributed by atoms with van der Waals surface area (Å²) in [6, 6.07) is 0. The van der Waals surface area contributed by atoms with Crippen LogP contribution in [0.3, 0.4) is 0 Å². The first-order valence-electron chi connectivity index (χ1n) is 12.0. The molecule has 4 saturated carbocycles. The molecule has 1 aliphatic heterocycles. The second-order valence-electron chi connectivity index (χ2n) is 10.5. The van der Waals surface area contributed by atoms with Gasteiger partial charge in [-0.2, -0.15) is 0 Å². The summed E-state index contributed by atoms with van der Waals surface area (Å²) >= 11 is 2.84. The zero-order valence-electron chi connectivity index (χ0n) is 18.8. The first-order chi connectivity index (χ1) is 15.9. The van der Waals surface area contributed by atoms with Gasteiger partial charge in [0.2, 0.25) is 11.8 Å². The van der Waals surface area contributed by atoms with Gasteiger partial charge in [-0.05, 0) is 81.1 Å². The Labute approximate surface area is 201 Å². The van der Waals surface area contributed by atoms with Crippen molar-refractivity contribution in [2.24, 2.45) is 22.7 Å². The summed E-state index contributed by atoms with van der Waals surface area (Å²) < 4.78 is 4.95. The van der Waals surface area contributed by atoms with Crippen molar-refractivity contribution in [1.82, 2.24) is 5.32 Å². The number of hydrogen-bond acceptors (Lipinski definition) is 7. The van der Waals surface area contributed by atoms with Crippen molar-refractivity contribution in [2.75, 3.05) is 12.4 Å². The smallest absolute Gasteiger partial charge is 0.341 e. The molecule has 7 rings (SSSR count). The number of fused-ring (bicyclic) bond motifs is 1. The molecule has 5 fully saturated rings. The Morgan fingerprint density at radius 3 is 2.52 bits per heavy atom. The van der Waals surface area contributed by atoms with Gasteiger partial charge in [-0.25, -0.2) is 4.79 Å². The standard InChI is InChI=1S/C24H29N3O4S2/c1-31-22(30)19-15-3-2-4-16(15)32-21(19)25-18(28)8-17-20(29)26-23(33-17)27-24-9-12-5-13(10-24)7-14(6-12)11-24/h12-14,17H,2-11H2,1H3,(H,25,28)(H,26,27,29). The van der Waals surface area contributed by atoms with E-state index in [1.807, 2.05) is 0 Å². The molecule has 1 unspecified atom stereocenters. The molecule has 4 bridgehead atoms. The zero-order chi connectivity index (χ0) is 22.7. The number of hydrogen-bond donors (Lipinski definition) is 2. The first-order valence-corrected chi connectivity index (χ1v) is 13.7. The Hall–Kier alpha value is -1.87. The van der Waals surface area contributed by atoms with Crippen LogP contribution in [0.4, 0.5) is 5.00 Å². The monoisotopic (exact) mass is 487 g/mol. The highest BCUT2D eigenvalue weighted by atomic mass is 32.2. The van der Waals surface area contributed by atoms with E-state index in [9.17, 15) is 14.4 Å². The lowest BCUT2D eigenvalue weighted by molar-refractivity contribution is -0.122. The molecular weight excluding hydrogens is 458 g/mol. The minimum Gasteiger partial charge on any atom is -0.465 e. The molecule has 6 aliphatic rings. The average molecular weight is 488 g/mol. The van der Waals surface area contributed by atoms with Crippen molar-refractivity contribution in [3.8, 4) is 0 Å². The summed E-state index contributed by atoms with van der Waals surface area (Å²) in [5, 5.41) is 6.57. The Bertz CT molecular complexity index is 1030. The maximum Gasteiger partial charge on any atom is 0.341 e. The quantitative estimate of drug-likeness (QED) is 0.614. The molecule has 0 spiro atoms. The van der Waals surface area contributed by atoms with Crippen molar-refractivity contribution in [3.05, 3.63) is 16.0 Å². The predicted molar refractivity (Wildman–Crippen MR) is 129 cm³/mol. The van der Waals surface area contributed by atoms with Crippen LogP contribution in [0.25, 0.3) is 0 Å². The third-order valence-corrected chi connectivity index (χ3v) is 10.3. The Morgan fingerprint density at radius 2 is 1.85 bits per heavy atom. The van der Waals surface area contributed by atoms with E-state index in [0.717, 1.165) is 66.7 Å². The molecule has 2 amide bonds. The third-order valence-electron chi connectivity index (χ3n) is 8.06. The Morgan fingerprint density at radius 1 is 1.15 bits per heavy atom. The minimum atomic E-state index is -0.494. The van der Waals surface area contributed by atoms with Crippen molar-refractivity contribution in [1.29, 1.82) is 0 Å². The van der Waals surface area contributed by atoms with Crippen LogP contribution in [0.15, 0.2) is 4.99 Å². The number of carbonyl (C=O) groups excluding carboxylic acids is 3. The predicted octanol–water partition coefficient (Wildman–Crippen LogP) is 3.91. The van der Waals surface area contributed by atoms with Crippen LogP contribution in [0.1, 0.15) is 72.2 Å². The van der Waals surface area contributed by atoms with Gasteiger partial charge in [-0.1, -0.05) is 11.8 Å². The fourth-order valence-electron chi connectivity index (χ4n) is 7.17. The van der Waals surface area contributed by atoms with Gasteiger partial charge < -0.3 is 15.4 Å². The highest BCUT2D eigenvalue weighted by molar-refractivity contribution is 8.15. The third kappa shape index (κ3) is 3.91. The molecule has 33 heavy (non-hydrogen) atoms. The fraction of sp³-hybridized carbons (Fsp3) is 0.667. The zero-order valence-corrected chi connectivity index (χ0v) is 20.4. The number of rotatable bonds is 5. The van der Waals surface area contributed by atoms with Gasteiger partial charge in [-0.3, -0.25) is 14.6 Å². The normalized spacial score (nSPS) is 35.1. The Balaban J connectivity index is 1.13. The molecule has 5 aliphatic carbocycles. The number of aryl methyl sites for hydroxylation is 1. The first kappa shape index (κ1) is 21.6. The van der Waals surface area contributed by atoms with Crippen molar-refractivity contribution >= 4 is 51.1 Å². The van der Waals surface area contributed by atoms with Gasteiger partial charge in [-0.15, -0.1) is 11.3 Å². The number of amidine groups is 1. The number of amides is 2. The lowest BCUT2D eigenvalue weighted by Crippen LogP contribution is -2.50. The van der Waals surface area contributed by atoms with Crippen LogP contribution in [-0.4, -0.2) is 40.8 Å². The summed E-state index contributed by atoms with van der Waals surface area (Å²) in [7, 11) is 1.36. The van der Waals surface area contributed by atoms with Crippen molar-refractivity contribution < 1.29 is 19.1 Å². The van der Waals surface area contributed by atoms with Gasteiger partial charge in [0.05, 0.1) is 18.2 Å². The molecule has 1 aromatic heterocycles. The Kier molecular flexibility index (Phi) is 5.32. The van der Waals surface area contributed by atoms with E-state index in [1.54, 1.807) is 0 Å². The molecule has 1 saturated heterocycles. The summed E-state index contributed by atoms with van der Waals surface area (Å²) in [6.07, 6.45) is 10.3. The number of aliphatic imine (C=N–C) groups is 1. The fourth-order valence-corrected chi connectivity index (χ4v) is 9.54. The van der Waals surface area contributed by atoms with Crippen LogP contribution < -0.4 is 10.6 Å². The summed E-state index contributed by atoms with van der Waals surface area (Å²) in [5.41, 5.74) is 1.48. The second-order valence-corrected chi connectivity index (χ2v) is 12.8. The summed E-state index contributed by atoms with van der Waals surface area (Å²) in [4.78, 5) is 44.0. The largest absolute Gasteiger partial charge is 0.465 e. The van der Waals surface area contributed by atoms with Gasteiger partial charge in [0, 0.05) is 11.3 Å². The van der Waals surface area contributed by atoms with E-state index in [0.29, 0.717) is 15.7 Å². The molecule has 2 heterocycles. The van der Waals surface area contributed by atoms with E-state index in [1.165, 1.54) is 49.5 Å². The molecular formula is C24H29N3O4S2. The van der Waals surface area contributed by atoms with E-state index in [-0.39, 0.29) is 23.8 Å². The van der Waals surface area contributed by atoms with Crippen molar-refractivity contribution in [2.45, 2.75) is 75.0 Å². The van der Waals surface area contributed by atoms with E-state index in [4.69, 9.17) is 9.73 Å². The topological polar surface area (TPSA) is 96.9 Å². The lowest BCUT2D eigenvalue weighted by Gasteiger charge is -2.55. The molecule has 1 atom stereocenters. The second kappa shape index (κ2) is 8.12. The highest BCUT2D eigenvalue weighted by Gasteiger charge is 2.51. The maximum atomic E-state index is 12.8. The summed E-state index contributed by atoms with van der Waals surface area (Å²) in [6.45, 7) is 0. The number of nitrogens with zero attached hydrogens (tertiary/aromatic N) is 1. The van der Waals surface area contributed by atoms with Crippen LogP contribution in [-0.2, 0) is 27.2 Å². The van der Waals surface area contributed by atoms with Crippen molar-refractivity contribution in [3.63, 3.8) is 0 Å². The molecule has 1 aromatic rings. The number of esters is 1. The molecule has 9 heteroatoms.